The first kappa shape index (κ1) is 21.3. The minimum Gasteiger partial charge on any atom is -0.493 e. The topological polar surface area (TPSA) is 73.9 Å². The maximum atomic E-state index is 12.5. The minimum atomic E-state index is -0.134. The number of carbonyl (C=O) groups excluding carboxylic acids is 2. The molecule has 2 aliphatic heterocycles. The molecule has 31 heavy (non-hydrogen) atoms. The van der Waals surface area contributed by atoms with E-state index in [1.807, 2.05) is 6.92 Å². The number of nitrogens with one attached hydrogen (secondary N) is 2. The average molecular weight is 423 g/mol. The van der Waals surface area contributed by atoms with Gasteiger partial charge >= 0.3 is 0 Å². The lowest BCUT2D eigenvalue weighted by Gasteiger charge is -2.34. The Morgan fingerprint density at radius 2 is 1.84 bits per heavy atom. The third kappa shape index (κ3) is 5.62. The molecule has 1 fully saturated rings. The van der Waals surface area contributed by atoms with E-state index < -0.39 is 0 Å². The van der Waals surface area contributed by atoms with Crippen LogP contribution in [-0.4, -0.2) is 67.5 Å². The number of ether oxygens (including phenoxy) is 1. The van der Waals surface area contributed by atoms with Gasteiger partial charge in [-0.3, -0.25) is 19.4 Å². The summed E-state index contributed by atoms with van der Waals surface area (Å²) in [6, 6.07) is 13.5. The van der Waals surface area contributed by atoms with Crippen LogP contribution in [0, 0.1) is 0 Å². The van der Waals surface area contributed by atoms with Crippen molar-refractivity contribution in [2.24, 2.45) is 0 Å². The predicted octanol–water partition coefficient (Wildman–Crippen LogP) is 2.13. The number of benzene rings is 2. The molecule has 2 heterocycles. The van der Waals surface area contributed by atoms with E-state index in [9.17, 15) is 9.59 Å². The molecule has 0 unspecified atom stereocenters. The number of nitrogens with zero attached hydrogens (tertiary/aromatic N) is 2. The second-order valence-corrected chi connectivity index (χ2v) is 8.08. The number of fused-ring (bicyclic) bond motifs is 1. The number of carbonyl (C=O) groups is 2. The first-order valence-electron chi connectivity index (χ1n) is 11.0. The monoisotopic (exact) mass is 422 g/mol. The van der Waals surface area contributed by atoms with Gasteiger partial charge in [-0.05, 0) is 42.3 Å². The summed E-state index contributed by atoms with van der Waals surface area (Å²) in [6.45, 7) is 8.12. The zero-order valence-electron chi connectivity index (χ0n) is 18.0. The van der Waals surface area contributed by atoms with Gasteiger partial charge in [-0.25, -0.2) is 0 Å². The number of anilines is 1. The zero-order chi connectivity index (χ0) is 21.6. The minimum absolute atomic E-state index is 0.0554. The second kappa shape index (κ2) is 9.94. The third-order valence-electron chi connectivity index (χ3n) is 5.74. The Balaban J connectivity index is 1.23. The molecule has 0 bridgehead atoms. The Morgan fingerprint density at radius 1 is 1.03 bits per heavy atom. The second-order valence-electron chi connectivity index (χ2n) is 8.08. The molecule has 0 aliphatic carbocycles. The van der Waals surface area contributed by atoms with Crippen LogP contribution in [0.3, 0.4) is 0 Å². The molecule has 2 amide bonds. The molecule has 4 rings (SSSR count). The first-order valence-corrected chi connectivity index (χ1v) is 11.0. The van der Waals surface area contributed by atoms with E-state index in [-0.39, 0.29) is 11.8 Å². The molecule has 2 aromatic carbocycles. The Hall–Kier alpha value is -2.90. The smallest absolute Gasteiger partial charge is 0.251 e. The van der Waals surface area contributed by atoms with Gasteiger partial charge in [0.1, 0.15) is 5.75 Å². The number of amides is 2. The van der Waals surface area contributed by atoms with E-state index in [4.69, 9.17) is 4.74 Å². The summed E-state index contributed by atoms with van der Waals surface area (Å²) in [6.07, 6.45) is 0.998. The van der Waals surface area contributed by atoms with Crippen LogP contribution in [0.1, 0.15) is 28.4 Å². The van der Waals surface area contributed by atoms with Crippen molar-refractivity contribution in [1.29, 1.82) is 0 Å². The molecule has 0 saturated carbocycles. The highest BCUT2D eigenvalue weighted by Gasteiger charge is 2.20. The van der Waals surface area contributed by atoms with Crippen LogP contribution in [0.25, 0.3) is 0 Å². The van der Waals surface area contributed by atoms with Crippen LogP contribution in [0.5, 0.6) is 5.75 Å². The summed E-state index contributed by atoms with van der Waals surface area (Å²) in [4.78, 5) is 29.1. The van der Waals surface area contributed by atoms with Crippen molar-refractivity contribution in [3.8, 4) is 5.75 Å². The average Bonchev–Trinajstić information content (AvgIpc) is 3.23. The molecule has 0 aromatic heterocycles. The quantitative estimate of drug-likeness (QED) is 0.715. The van der Waals surface area contributed by atoms with E-state index in [0.29, 0.717) is 24.3 Å². The van der Waals surface area contributed by atoms with Gasteiger partial charge in [-0.2, -0.15) is 0 Å². The van der Waals surface area contributed by atoms with E-state index in [2.05, 4.69) is 38.6 Å². The lowest BCUT2D eigenvalue weighted by Crippen LogP contribution is -2.48. The highest BCUT2D eigenvalue weighted by molar-refractivity contribution is 5.97. The third-order valence-corrected chi connectivity index (χ3v) is 5.74. The van der Waals surface area contributed by atoms with Crippen molar-refractivity contribution in [2.75, 3.05) is 51.2 Å². The molecular weight excluding hydrogens is 392 g/mol. The zero-order valence-corrected chi connectivity index (χ0v) is 18.0. The normalized spacial score (nSPS) is 16.4. The van der Waals surface area contributed by atoms with Gasteiger partial charge < -0.3 is 15.4 Å². The maximum absolute atomic E-state index is 12.5. The lowest BCUT2D eigenvalue weighted by atomic mass is 10.1. The van der Waals surface area contributed by atoms with E-state index in [0.717, 1.165) is 51.5 Å². The summed E-state index contributed by atoms with van der Waals surface area (Å²) in [5.74, 6) is 0.835. The Bertz CT molecular complexity index is 938. The number of hydrogen-bond acceptors (Lipinski definition) is 5. The molecule has 2 N–H and O–H groups in total. The lowest BCUT2D eigenvalue weighted by molar-refractivity contribution is -0.117. The SMILES string of the molecule is CCNC(=O)c1cccc(NC(=O)CN2CCN(Cc3ccc4c(c3)CCO4)CC2)c1. The van der Waals surface area contributed by atoms with Gasteiger partial charge in [-0.1, -0.05) is 18.2 Å². The summed E-state index contributed by atoms with van der Waals surface area (Å²) in [5.41, 5.74) is 3.82. The predicted molar refractivity (Wildman–Crippen MR) is 120 cm³/mol. The van der Waals surface area contributed by atoms with E-state index in [1.165, 1.54) is 11.1 Å². The molecule has 2 aromatic rings. The van der Waals surface area contributed by atoms with Crippen molar-refractivity contribution in [1.82, 2.24) is 15.1 Å². The molecule has 0 atom stereocenters. The Labute approximate surface area is 183 Å². The molecule has 0 radical (unpaired) electrons. The Kier molecular flexibility index (Phi) is 6.84. The van der Waals surface area contributed by atoms with Crippen molar-refractivity contribution < 1.29 is 14.3 Å². The van der Waals surface area contributed by atoms with Crippen LogP contribution >= 0.6 is 0 Å². The molecule has 2 aliphatic rings. The van der Waals surface area contributed by atoms with Crippen LogP contribution in [0.2, 0.25) is 0 Å². The van der Waals surface area contributed by atoms with Crippen molar-refractivity contribution in [2.45, 2.75) is 19.9 Å². The van der Waals surface area contributed by atoms with Crippen LogP contribution in [-0.2, 0) is 17.8 Å². The van der Waals surface area contributed by atoms with Crippen molar-refractivity contribution in [3.05, 3.63) is 59.2 Å². The summed E-state index contributed by atoms with van der Waals surface area (Å²) in [7, 11) is 0. The van der Waals surface area contributed by atoms with Crippen molar-refractivity contribution >= 4 is 17.5 Å². The van der Waals surface area contributed by atoms with Crippen LogP contribution in [0.4, 0.5) is 5.69 Å². The molecule has 164 valence electrons. The fourth-order valence-corrected chi connectivity index (χ4v) is 4.11. The molecule has 7 nitrogen and oxygen atoms in total. The van der Waals surface area contributed by atoms with Gasteiger partial charge in [-0.15, -0.1) is 0 Å². The van der Waals surface area contributed by atoms with Crippen LogP contribution < -0.4 is 15.4 Å². The van der Waals surface area contributed by atoms with Crippen LogP contribution in [0.15, 0.2) is 42.5 Å². The maximum Gasteiger partial charge on any atom is 0.251 e. The van der Waals surface area contributed by atoms with Gasteiger partial charge in [0.15, 0.2) is 0 Å². The number of piperazine rings is 1. The summed E-state index contributed by atoms with van der Waals surface area (Å²) in [5, 5.41) is 5.69. The van der Waals surface area contributed by atoms with Gasteiger partial charge in [0.2, 0.25) is 5.91 Å². The van der Waals surface area contributed by atoms with E-state index >= 15 is 0 Å². The molecular formula is C24H30N4O3. The molecule has 1 saturated heterocycles. The van der Waals surface area contributed by atoms with Gasteiger partial charge in [0, 0.05) is 56.9 Å². The standard InChI is InChI=1S/C24H30N4O3/c1-2-25-24(30)20-4-3-5-21(15-20)26-23(29)17-28-11-9-27(10-12-28)16-18-6-7-22-19(14-18)8-13-31-22/h3-7,14-15H,2,8-13,16-17H2,1H3,(H,25,30)(H,26,29). The summed E-state index contributed by atoms with van der Waals surface area (Å²) >= 11 is 0. The molecule has 0 spiro atoms. The number of hydrogen-bond donors (Lipinski definition) is 2. The molecule has 7 heteroatoms. The fraction of sp³-hybridized carbons (Fsp3) is 0.417. The highest BCUT2D eigenvalue weighted by atomic mass is 16.5. The van der Waals surface area contributed by atoms with Crippen molar-refractivity contribution in [3.63, 3.8) is 0 Å². The van der Waals surface area contributed by atoms with Gasteiger partial charge in [0.25, 0.3) is 5.91 Å². The van der Waals surface area contributed by atoms with E-state index in [1.54, 1.807) is 24.3 Å². The Morgan fingerprint density at radius 3 is 2.65 bits per heavy atom. The highest BCUT2D eigenvalue weighted by Crippen LogP contribution is 2.26. The largest absolute Gasteiger partial charge is 0.493 e. The number of rotatable bonds is 7. The summed E-state index contributed by atoms with van der Waals surface area (Å²) < 4.78 is 5.59. The van der Waals surface area contributed by atoms with Gasteiger partial charge in [0.05, 0.1) is 13.2 Å². The fourth-order valence-electron chi connectivity index (χ4n) is 4.11. The first-order chi connectivity index (χ1) is 15.1.